The molecule has 10 heavy (non-hydrogen) atoms. The van der Waals surface area contributed by atoms with E-state index in [2.05, 4.69) is 5.32 Å². The monoisotopic (exact) mass is 144 g/mol. The van der Waals surface area contributed by atoms with Gasteiger partial charge < -0.3 is 4.84 Å². The highest BCUT2D eigenvalue weighted by atomic mass is 16.7. The Labute approximate surface area is 60.1 Å². The molecule has 1 rings (SSSR count). The van der Waals surface area contributed by atoms with Gasteiger partial charge in [-0.05, 0) is 6.92 Å². The highest BCUT2D eigenvalue weighted by molar-refractivity contribution is 5.65. The minimum Gasteiger partial charge on any atom is -0.367 e. The van der Waals surface area contributed by atoms with Crippen LogP contribution in [-0.2, 0) is 9.63 Å². The van der Waals surface area contributed by atoms with Crippen molar-refractivity contribution < 1.29 is 9.63 Å². The number of hydrogen-bond acceptors (Lipinski definition) is 4. The SMILES string of the molecule is CC(=O)ON1CCNC1C. The summed E-state index contributed by atoms with van der Waals surface area (Å²) in [7, 11) is 0. The fraction of sp³-hybridized carbons (Fsp3) is 0.833. The lowest BCUT2D eigenvalue weighted by molar-refractivity contribution is -0.191. The van der Waals surface area contributed by atoms with Gasteiger partial charge in [-0.15, -0.1) is 5.06 Å². The van der Waals surface area contributed by atoms with Crippen molar-refractivity contribution in [2.24, 2.45) is 0 Å². The number of carbonyl (C=O) groups is 1. The molecule has 1 N–H and O–H groups in total. The molecule has 0 aliphatic carbocycles. The average Bonchev–Trinajstić information content (AvgIpc) is 2.15. The molecule has 0 aromatic heterocycles. The summed E-state index contributed by atoms with van der Waals surface area (Å²) in [6.07, 6.45) is 0.156. The minimum atomic E-state index is -0.254. The quantitative estimate of drug-likeness (QED) is 0.549. The molecule has 0 radical (unpaired) electrons. The third-order valence-electron chi connectivity index (χ3n) is 1.45. The fourth-order valence-corrected chi connectivity index (χ4v) is 0.969. The van der Waals surface area contributed by atoms with Crippen LogP contribution in [0.15, 0.2) is 0 Å². The molecule has 0 aromatic carbocycles. The first-order valence-corrected chi connectivity index (χ1v) is 3.38. The van der Waals surface area contributed by atoms with E-state index in [-0.39, 0.29) is 12.1 Å². The van der Waals surface area contributed by atoms with Gasteiger partial charge in [0.15, 0.2) is 0 Å². The Morgan fingerprint density at radius 1 is 1.80 bits per heavy atom. The number of rotatable bonds is 1. The number of nitrogens with zero attached hydrogens (tertiary/aromatic N) is 1. The van der Waals surface area contributed by atoms with Gasteiger partial charge in [-0.1, -0.05) is 0 Å². The highest BCUT2D eigenvalue weighted by Gasteiger charge is 2.21. The zero-order valence-electron chi connectivity index (χ0n) is 6.26. The Bertz CT molecular complexity index is 138. The Morgan fingerprint density at radius 2 is 2.50 bits per heavy atom. The molecule has 0 amide bonds. The maximum Gasteiger partial charge on any atom is 0.322 e. The molecule has 4 heteroatoms. The van der Waals surface area contributed by atoms with E-state index < -0.39 is 0 Å². The summed E-state index contributed by atoms with van der Waals surface area (Å²) < 4.78 is 0. The molecular formula is C6H12N2O2. The maximum atomic E-state index is 10.5. The van der Waals surface area contributed by atoms with Crippen LogP contribution in [0.1, 0.15) is 13.8 Å². The van der Waals surface area contributed by atoms with Gasteiger partial charge in [0.2, 0.25) is 0 Å². The van der Waals surface area contributed by atoms with Crippen molar-refractivity contribution in [3.05, 3.63) is 0 Å². The number of hydroxylamine groups is 2. The summed E-state index contributed by atoms with van der Waals surface area (Å²) in [5, 5.41) is 4.76. The first-order chi connectivity index (χ1) is 4.70. The van der Waals surface area contributed by atoms with Gasteiger partial charge >= 0.3 is 5.97 Å². The topological polar surface area (TPSA) is 41.6 Å². The molecular weight excluding hydrogens is 132 g/mol. The molecule has 0 spiro atoms. The van der Waals surface area contributed by atoms with Gasteiger partial charge in [0.05, 0.1) is 6.17 Å². The number of carbonyl (C=O) groups excluding carboxylic acids is 1. The Morgan fingerprint density at radius 3 is 2.90 bits per heavy atom. The van der Waals surface area contributed by atoms with Crippen molar-refractivity contribution in [3.8, 4) is 0 Å². The van der Waals surface area contributed by atoms with Crippen LogP contribution in [0, 0.1) is 0 Å². The van der Waals surface area contributed by atoms with Crippen molar-refractivity contribution in [3.63, 3.8) is 0 Å². The molecule has 0 saturated carbocycles. The minimum absolute atomic E-state index is 0.156. The van der Waals surface area contributed by atoms with E-state index in [1.165, 1.54) is 6.92 Å². The molecule has 1 unspecified atom stereocenters. The maximum absolute atomic E-state index is 10.5. The van der Waals surface area contributed by atoms with Crippen LogP contribution in [0.2, 0.25) is 0 Å². The van der Waals surface area contributed by atoms with Crippen molar-refractivity contribution in [1.29, 1.82) is 0 Å². The van der Waals surface area contributed by atoms with Crippen LogP contribution in [-0.4, -0.2) is 30.3 Å². The van der Waals surface area contributed by atoms with Crippen molar-refractivity contribution in [2.45, 2.75) is 20.0 Å². The van der Waals surface area contributed by atoms with Crippen LogP contribution >= 0.6 is 0 Å². The second-order valence-electron chi connectivity index (χ2n) is 2.35. The second kappa shape index (κ2) is 2.98. The van der Waals surface area contributed by atoms with Crippen LogP contribution in [0.25, 0.3) is 0 Å². The molecule has 1 heterocycles. The summed E-state index contributed by atoms with van der Waals surface area (Å²) in [5.41, 5.74) is 0. The van der Waals surface area contributed by atoms with Crippen molar-refractivity contribution >= 4 is 5.97 Å². The molecule has 1 atom stereocenters. The first-order valence-electron chi connectivity index (χ1n) is 3.38. The number of nitrogens with one attached hydrogen (secondary N) is 1. The summed E-state index contributed by atoms with van der Waals surface area (Å²) in [5.74, 6) is -0.254. The molecule has 1 aliphatic rings. The zero-order valence-corrected chi connectivity index (χ0v) is 6.26. The van der Waals surface area contributed by atoms with Gasteiger partial charge in [0, 0.05) is 20.0 Å². The lowest BCUT2D eigenvalue weighted by atomic mass is 10.6. The van der Waals surface area contributed by atoms with Crippen LogP contribution in [0.5, 0.6) is 0 Å². The molecule has 1 saturated heterocycles. The van der Waals surface area contributed by atoms with Gasteiger partial charge in [0.1, 0.15) is 0 Å². The van der Waals surface area contributed by atoms with Crippen molar-refractivity contribution in [1.82, 2.24) is 10.4 Å². The molecule has 1 aliphatic heterocycles. The smallest absolute Gasteiger partial charge is 0.322 e. The standard InChI is InChI=1S/C6H12N2O2/c1-5-7-3-4-8(5)10-6(2)9/h5,7H,3-4H2,1-2H3. The van der Waals surface area contributed by atoms with E-state index in [0.717, 1.165) is 13.1 Å². The van der Waals surface area contributed by atoms with E-state index in [9.17, 15) is 4.79 Å². The van der Waals surface area contributed by atoms with Gasteiger partial charge in [0.25, 0.3) is 0 Å². The Hall–Kier alpha value is -0.610. The molecule has 0 aromatic rings. The lowest BCUT2D eigenvalue weighted by Crippen LogP contribution is -2.33. The third kappa shape index (κ3) is 1.68. The predicted octanol–water partition coefficient (Wildman–Crippen LogP) is -0.284. The van der Waals surface area contributed by atoms with Gasteiger partial charge in [-0.3, -0.25) is 10.1 Å². The van der Waals surface area contributed by atoms with E-state index in [4.69, 9.17) is 4.84 Å². The van der Waals surface area contributed by atoms with E-state index in [0.29, 0.717) is 0 Å². The van der Waals surface area contributed by atoms with Gasteiger partial charge in [-0.25, -0.2) is 0 Å². The second-order valence-corrected chi connectivity index (χ2v) is 2.35. The molecule has 0 bridgehead atoms. The van der Waals surface area contributed by atoms with E-state index in [1.54, 1.807) is 5.06 Å². The normalized spacial score (nSPS) is 26.8. The first kappa shape index (κ1) is 7.50. The number of hydrogen-bond donors (Lipinski definition) is 1. The molecule has 4 nitrogen and oxygen atoms in total. The average molecular weight is 144 g/mol. The third-order valence-corrected chi connectivity index (χ3v) is 1.45. The summed E-state index contributed by atoms with van der Waals surface area (Å²) >= 11 is 0. The van der Waals surface area contributed by atoms with Crippen LogP contribution in [0.4, 0.5) is 0 Å². The lowest BCUT2D eigenvalue weighted by Gasteiger charge is -2.17. The van der Waals surface area contributed by atoms with Crippen molar-refractivity contribution in [2.75, 3.05) is 13.1 Å². The summed E-state index contributed by atoms with van der Waals surface area (Å²) in [6, 6.07) is 0. The molecule has 1 fully saturated rings. The summed E-state index contributed by atoms with van der Waals surface area (Å²) in [4.78, 5) is 15.3. The zero-order chi connectivity index (χ0) is 7.56. The van der Waals surface area contributed by atoms with Gasteiger partial charge in [-0.2, -0.15) is 0 Å². The van der Waals surface area contributed by atoms with Crippen LogP contribution in [0.3, 0.4) is 0 Å². The van der Waals surface area contributed by atoms with E-state index >= 15 is 0 Å². The highest BCUT2D eigenvalue weighted by Crippen LogP contribution is 2.02. The molecule has 58 valence electrons. The predicted molar refractivity (Wildman–Crippen MR) is 35.9 cm³/mol. The largest absolute Gasteiger partial charge is 0.367 e. The van der Waals surface area contributed by atoms with E-state index in [1.807, 2.05) is 6.92 Å². The Balaban J connectivity index is 2.33. The Kier molecular flexibility index (Phi) is 2.24. The van der Waals surface area contributed by atoms with Crippen LogP contribution < -0.4 is 5.32 Å². The fourth-order valence-electron chi connectivity index (χ4n) is 0.969. The summed E-state index contributed by atoms with van der Waals surface area (Å²) in [6.45, 7) is 5.02.